The number of carbonyl (C=O) groups is 3. The summed E-state index contributed by atoms with van der Waals surface area (Å²) in [6.07, 6.45) is 2.12. The van der Waals surface area contributed by atoms with Crippen molar-refractivity contribution in [3.8, 4) is 0 Å². The summed E-state index contributed by atoms with van der Waals surface area (Å²) in [5.41, 5.74) is 1.30. The first kappa shape index (κ1) is 16.2. The Kier molecular flexibility index (Phi) is 5.71. The van der Waals surface area contributed by atoms with Gasteiger partial charge in [0.2, 0.25) is 0 Å². The Bertz CT molecular complexity index is 550. The summed E-state index contributed by atoms with van der Waals surface area (Å²) in [5.74, 6) is -1.06. The Balaban J connectivity index is 1.86. The van der Waals surface area contributed by atoms with Crippen molar-refractivity contribution in [3.05, 3.63) is 23.5 Å². The zero-order valence-electron chi connectivity index (χ0n) is 12.2. The van der Waals surface area contributed by atoms with Crippen LogP contribution in [0, 0.1) is 0 Å². The molecule has 1 aromatic heterocycles. The highest BCUT2D eigenvalue weighted by atomic mass is 16.6. The topological polar surface area (TPSA) is 94.8 Å². The summed E-state index contributed by atoms with van der Waals surface area (Å²) >= 11 is 0. The van der Waals surface area contributed by atoms with Crippen LogP contribution in [0.4, 0.5) is 0 Å². The Hall–Kier alpha value is -2.15. The van der Waals surface area contributed by atoms with E-state index in [0.29, 0.717) is 38.1 Å². The standard InChI is InChI=1S/C15H19NO6/c17-8-11-3-4-12(16(11)7-1-2-14(18)19)9-21-10-13-5-6-15(20)22-13/h3-4,8,13H,1-2,5-7,9-10H2,(H,18,19). The van der Waals surface area contributed by atoms with E-state index < -0.39 is 5.97 Å². The Morgan fingerprint density at radius 2 is 2.32 bits per heavy atom. The maximum Gasteiger partial charge on any atom is 0.306 e. The third kappa shape index (κ3) is 4.42. The average Bonchev–Trinajstić information content (AvgIpc) is 3.05. The van der Waals surface area contributed by atoms with Crippen LogP contribution in [-0.4, -0.2) is 40.6 Å². The van der Waals surface area contributed by atoms with Crippen molar-refractivity contribution in [3.63, 3.8) is 0 Å². The lowest BCUT2D eigenvalue weighted by molar-refractivity contribution is -0.143. The van der Waals surface area contributed by atoms with Gasteiger partial charge in [-0.15, -0.1) is 0 Å². The van der Waals surface area contributed by atoms with Crippen LogP contribution in [-0.2, 0) is 32.2 Å². The molecular weight excluding hydrogens is 290 g/mol. The molecule has 1 N–H and O–H groups in total. The maximum absolute atomic E-state index is 11.0. The van der Waals surface area contributed by atoms with E-state index in [1.807, 2.05) is 0 Å². The molecule has 0 bridgehead atoms. The third-order valence-electron chi connectivity index (χ3n) is 3.52. The second-order valence-corrected chi connectivity index (χ2v) is 5.18. The fourth-order valence-corrected chi connectivity index (χ4v) is 2.41. The highest BCUT2D eigenvalue weighted by molar-refractivity contribution is 5.73. The number of esters is 1. The Morgan fingerprint density at radius 1 is 1.50 bits per heavy atom. The van der Waals surface area contributed by atoms with Gasteiger partial charge in [0.1, 0.15) is 6.10 Å². The summed E-state index contributed by atoms with van der Waals surface area (Å²) in [6.45, 7) is 1.06. The fraction of sp³-hybridized carbons (Fsp3) is 0.533. The number of cyclic esters (lactones) is 1. The number of carboxylic acid groups (broad SMARTS) is 1. The number of nitrogens with zero attached hydrogens (tertiary/aromatic N) is 1. The highest BCUT2D eigenvalue weighted by Crippen LogP contribution is 2.16. The number of carbonyl (C=O) groups excluding carboxylic acids is 2. The molecule has 7 heteroatoms. The fourth-order valence-electron chi connectivity index (χ4n) is 2.41. The van der Waals surface area contributed by atoms with Crippen molar-refractivity contribution in [2.75, 3.05) is 6.61 Å². The number of ether oxygens (including phenoxy) is 2. The van der Waals surface area contributed by atoms with Crippen molar-refractivity contribution in [2.45, 2.75) is 44.9 Å². The normalized spacial score (nSPS) is 17.5. The zero-order chi connectivity index (χ0) is 15.9. The van der Waals surface area contributed by atoms with E-state index in [9.17, 15) is 14.4 Å². The molecule has 0 aromatic carbocycles. The number of hydrogen-bond donors (Lipinski definition) is 1. The van der Waals surface area contributed by atoms with E-state index in [1.165, 1.54) is 0 Å². The van der Waals surface area contributed by atoms with Crippen LogP contribution < -0.4 is 0 Å². The van der Waals surface area contributed by atoms with Crippen LogP contribution in [0.5, 0.6) is 0 Å². The Labute approximate surface area is 127 Å². The molecule has 1 atom stereocenters. The van der Waals surface area contributed by atoms with E-state index in [0.717, 1.165) is 12.0 Å². The number of rotatable bonds is 9. The van der Waals surface area contributed by atoms with Gasteiger partial charge in [-0.1, -0.05) is 0 Å². The number of carboxylic acids is 1. The lowest BCUT2D eigenvalue weighted by atomic mass is 10.2. The van der Waals surface area contributed by atoms with Crippen molar-refractivity contribution < 1.29 is 29.0 Å². The molecule has 2 heterocycles. The second kappa shape index (κ2) is 7.74. The minimum Gasteiger partial charge on any atom is -0.481 e. The predicted molar refractivity (Wildman–Crippen MR) is 75.5 cm³/mol. The quantitative estimate of drug-likeness (QED) is 0.547. The lowest BCUT2D eigenvalue weighted by Crippen LogP contribution is -2.16. The average molecular weight is 309 g/mol. The van der Waals surface area contributed by atoms with E-state index in [2.05, 4.69) is 0 Å². The van der Waals surface area contributed by atoms with Gasteiger partial charge in [-0.2, -0.15) is 0 Å². The number of aldehydes is 1. The molecular formula is C15H19NO6. The minimum absolute atomic E-state index is 0.0504. The minimum atomic E-state index is -0.861. The molecule has 0 amide bonds. The van der Waals surface area contributed by atoms with E-state index in [1.54, 1.807) is 16.7 Å². The van der Waals surface area contributed by atoms with E-state index in [4.69, 9.17) is 14.6 Å². The first-order valence-corrected chi connectivity index (χ1v) is 7.22. The molecule has 1 aliphatic heterocycles. The molecule has 1 saturated heterocycles. The molecule has 1 aromatic rings. The zero-order valence-corrected chi connectivity index (χ0v) is 12.2. The summed E-state index contributed by atoms with van der Waals surface area (Å²) in [4.78, 5) is 32.6. The van der Waals surface area contributed by atoms with E-state index in [-0.39, 0.29) is 25.1 Å². The lowest BCUT2D eigenvalue weighted by Gasteiger charge is -2.13. The van der Waals surface area contributed by atoms with Crippen LogP contribution in [0.15, 0.2) is 12.1 Å². The van der Waals surface area contributed by atoms with Crippen molar-refractivity contribution in [1.82, 2.24) is 4.57 Å². The first-order valence-electron chi connectivity index (χ1n) is 7.22. The van der Waals surface area contributed by atoms with Crippen LogP contribution in [0.1, 0.15) is 41.9 Å². The van der Waals surface area contributed by atoms with Gasteiger partial charge in [-0.3, -0.25) is 14.4 Å². The Morgan fingerprint density at radius 3 is 2.95 bits per heavy atom. The van der Waals surface area contributed by atoms with Crippen LogP contribution in [0.25, 0.3) is 0 Å². The molecule has 0 radical (unpaired) electrons. The number of aliphatic carboxylic acids is 1. The molecule has 1 fully saturated rings. The van der Waals surface area contributed by atoms with Crippen molar-refractivity contribution in [1.29, 1.82) is 0 Å². The SMILES string of the molecule is O=Cc1ccc(COCC2CCC(=O)O2)n1CCCC(=O)O. The van der Waals surface area contributed by atoms with Crippen LogP contribution in [0.3, 0.4) is 0 Å². The molecule has 1 aliphatic rings. The first-order chi connectivity index (χ1) is 10.6. The van der Waals surface area contributed by atoms with Gasteiger partial charge in [0.15, 0.2) is 6.29 Å². The van der Waals surface area contributed by atoms with Gasteiger partial charge in [-0.25, -0.2) is 0 Å². The van der Waals surface area contributed by atoms with E-state index >= 15 is 0 Å². The van der Waals surface area contributed by atoms with Gasteiger partial charge in [0.05, 0.1) is 18.9 Å². The van der Waals surface area contributed by atoms with Gasteiger partial charge in [0.25, 0.3) is 0 Å². The molecule has 0 saturated carbocycles. The maximum atomic E-state index is 11.0. The number of aromatic nitrogens is 1. The monoisotopic (exact) mass is 309 g/mol. The molecule has 22 heavy (non-hydrogen) atoms. The summed E-state index contributed by atoms with van der Waals surface area (Å²) < 4.78 is 12.4. The van der Waals surface area contributed by atoms with Crippen molar-refractivity contribution >= 4 is 18.2 Å². The summed E-state index contributed by atoms with van der Waals surface area (Å²) in [5, 5.41) is 8.68. The second-order valence-electron chi connectivity index (χ2n) is 5.18. The molecule has 2 rings (SSSR count). The van der Waals surface area contributed by atoms with Gasteiger partial charge in [0, 0.05) is 25.1 Å². The van der Waals surface area contributed by atoms with Gasteiger partial charge >= 0.3 is 11.9 Å². The summed E-state index contributed by atoms with van der Waals surface area (Å²) in [7, 11) is 0. The van der Waals surface area contributed by atoms with Gasteiger partial charge < -0.3 is 19.1 Å². The third-order valence-corrected chi connectivity index (χ3v) is 3.52. The highest BCUT2D eigenvalue weighted by Gasteiger charge is 2.23. The van der Waals surface area contributed by atoms with Gasteiger partial charge in [-0.05, 0) is 25.0 Å². The van der Waals surface area contributed by atoms with Crippen LogP contribution in [0.2, 0.25) is 0 Å². The predicted octanol–water partition coefficient (Wildman–Crippen LogP) is 1.39. The smallest absolute Gasteiger partial charge is 0.306 e. The molecule has 120 valence electrons. The molecule has 1 unspecified atom stereocenters. The largest absolute Gasteiger partial charge is 0.481 e. The van der Waals surface area contributed by atoms with Crippen LogP contribution >= 0.6 is 0 Å². The molecule has 7 nitrogen and oxygen atoms in total. The molecule has 0 aliphatic carbocycles. The van der Waals surface area contributed by atoms with Crippen molar-refractivity contribution in [2.24, 2.45) is 0 Å². The number of hydrogen-bond acceptors (Lipinski definition) is 5. The molecule has 0 spiro atoms. The summed E-state index contributed by atoms with van der Waals surface area (Å²) in [6, 6.07) is 3.47.